The molecule has 2 amide bonds. The number of amides is 2. The van der Waals surface area contributed by atoms with Crippen LogP contribution in [0.3, 0.4) is 0 Å². The standard InChI is InChI=1S/C16H18N4O2/c21-15(7-6-13-4-2-1-3-5-13)19-10-11-20-16(22)14-12-17-8-9-18-14/h1-5,8-9,12H,6-7,10-11H2,(H,19,21)(H,20,22). The van der Waals surface area contributed by atoms with Gasteiger partial charge in [0.05, 0.1) is 6.20 Å². The van der Waals surface area contributed by atoms with Gasteiger partial charge in [-0.3, -0.25) is 14.6 Å². The summed E-state index contributed by atoms with van der Waals surface area (Å²) in [6, 6.07) is 9.84. The Kier molecular flexibility index (Phi) is 6.04. The van der Waals surface area contributed by atoms with Crippen molar-refractivity contribution in [1.82, 2.24) is 20.6 Å². The van der Waals surface area contributed by atoms with E-state index in [1.165, 1.54) is 18.6 Å². The molecule has 0 aliphatic carbocycles. The first-order chi connectivity index (χ1) is 10.8. The smallest absolute Gasteiger partial charge is 0.271 e. The molecule has 0 bridgehead atoms. The first-order valence-corrected chi connectivity index (χ1v) is 7.10. The quantitative estimate of drug-likeness (QED) is 0.746. The molecule has 0 aliphatic rings. The van der Waals surface area contributed by atoms with Gasteiger partial charge in [0.1, 0.15) is 5.69 Å². The lowest BCUT2D eigenvalue weighted by molar-refractivity contribution is -0.121. The van der Waals surface area contributed by atoms with Crippen LogP contribution in [0, 0.1) is 0 Å². The lowest BCUT2D eigenvalue weighted by Gasteiger charge is -2.07. The number of hydrogen-bond donors (Lipinski definition) is 2. The molecule has 2 aromatic rings. The predicted molar refractivity (Wildman–Crippen MR) is 82.1 cm³/mol. The highest BCUT2D eigenvalue weighted by molar-refractivity contribution is 5.91. The number of benzene rings is 1. The van der Waals surface area contributed by atoms with Gasteiger partial charge in [-0.15, -0.1) is 0 Å². The SMILES string of the molecule is O=C(CCc1ccccc1)NCCNC(=O)c1cnccn1. The van der Waals surface area contributed by atoms with E-state index in [1.807, 2.05) is 30.3 Å². The average molecular weight is 298 g/mol. The van der Waals surface area contributed by atoms with E-state index >= 15 is 0 Å². The monoisotopic (exact) mass is 298 g/mol. The largest absolute Gasteiger partial charge is 0.354 e. The van der Waals surface area contributed by atoms with Gasteiger partial charge in [-0.25, -0.2) is 4.98 Å². The van der Waals surface area contributed by atoms with Crippen molar-refractivity contribution in [2.45, 2.75) is 12.8 Å². The number of rotatable bonds is 7. The van der Waals surface area contributed by atoms with Gasteiger partial charge in [0.2, 0.25) is 5.91 Å². The molecular weight excluding hydrogens is 280 g/mol. The molecule has 0 aliphatic heterocycles. The summed E-state index contributed by atoms with van der Waals surface area (Å²) in [6.45, 7) is 0.742. The van der Waals surface area contributed by atoms with Gasteiger partial charge in [-0.2, -0.15) is 0 Å². The van der Waals surface area contributed by atoms with Gasteiger partial charge in [0, 0.05) is 31.9 Å². The molecule has 2 rings (SSSR count). The van der Waals surface area contributed by atoms with Crippen LogP contribution in [-0.4, -0.2) is 34.9 Å². The molecule has 0 unspecified atom stereocenters. The van der Waals surface area contributed by atoms with Crippen LogP contribution in [0.15, 0.2) is 48.9 Å². The summed E-state index contributed by atoms with van der Waals surface area (Å²) >= 11 is 0. The van der Waals surface area contributed by atoms with Gasteiger partial charge in [-0.05, 0) is 12.0 Å². The van der Waals surface area contributed by atoms with Crippen molar-refractivity contribution >= 4 is 11.8 Å². The molecule has 1 heterocycles. The number of carbonyl (C=O) groups is 2. The number of carbonyl (C=O) groups excluding carboxylic acids is 2. The van der Waals surface area contributed by atoms with Gasteiger partial charge in [0.25, 0.3) is 5.91 Å². The normalized spacial score (nSPS) is 10.0. The molecule has 22 heavy (non-hydrogen) atoms. The van der Waals surface area contributed by atoms with Gasteiger partial charge in [0.15, 0.2) is 0 Å². The highest BCUT2D eigenvalue weighted by Crippen LogP contribution is 2.01. The maximum atomic E-state index is 11.7. The highest BCUT2D eigenvalue weighted by atomic mass is 16.2. The van der Waals surface area contributed by atoms with Crippen LogP contribution in [0.2, 0.25) is 0 Å². The zero-order chi connectivity index (χ0) is 15.6. The molecule has 114 valence electrons. The summed E-state index contributed by atoms with van der Waals surface area (Å²) in [7, 11) is 0. The third-order valence-corrected chi connectivity index (χ3v) is 3.01. The van der Waals surface area contributed by atoms with E-state index < -0.39 is 0 Å². The second-order valence-electron chi connectivity index (χ2n) is 4.68. The lowest BCUT2D eigenvalue weighted by atomic mass is 10.1. The number of nitrogens with zero attached hydrogens (tertiary/aromatic N) is 2. The zero-order valence-corrected chi connectivity index (χ0v) is 12.2. The van der Waals surface area contributed by atoms with Crippen molar-refractivity contribution in [3.8, 4) is 0 Å². The van der Waals surface area contributed by atoms with Crippen LogP contribution in [0.1, 0.15) is 22.5 Å². The molecule has 0 saturated heterocycles. The second-order valence-corrected chi connectivity index (χ2v) is 4.68. The van der Waals surface area contributed by atoms with Crippen LogP contribution in [0.4, 0.5) is 0 Å². The Hall–Kier alpha value is -2.76. The molecule has 0 fully saturated rings. The molecule has 6 nitrogen and oxygen atoms in total. The molecule has 6 heteroatoms. The van der Waals surface area contributed by atoms with Crippen molar-refractivity contribution in [1.29, 1.82) is 0 Å². The Morgan fingerprint density at radius 3 is 2.50 bits per heavy atom. The number of nitrogens with one attached hydrogen (secondary N) is 2. The highest BCUT2D eigenvalue weighted by Gasteiger charge is 2.06. The Balaban J connectivity index is 1.60. The Labute approximate surface area is 129 Å². The number of aryl methyl sites for hydroxylation is 1. The molecular formula is C16H18N4O2. The minimum Gasteiger partial charge on any atom is -0.354 e. The van der Waals surface area contributed by atoms with Crippen LogP contribution >= 0.6 is 0 Å². The maximum absolute atomic E-state index is 11.7. The van der Waals surface area contributed by atoms with Crippen molar-refractivity contribution in [3.05, 3.63) is 60.2 Å². The summed E-state index contributed by atoms with van der Waals surface area (Å²) in [6.07, 6.45) is 5.50. The average Bonchev–Trinajstić information content (AvgIpc) is 2.58. The minimum atomic E-state index is -0.299. The lowest BCUT2D eigenvalue weighted by Crippen LogP contribution is -2.35. The van der Waals surface area contributed by atoms with E-state index in [9.17, 15) is 9.59 Å². The summed E-state index contributed by atoms with van der Waals surface area (Å²) in [5.41, 5.74) is 1.39. The Morgan fingerprint density at radius 2 is 1.77 bits per heavy atom. The van der Waals surface area contributed by atoms with Crippen LogP contribution in [0.5, 0.6) is 0 Å². The van der Waals surface area contributed by atoms with Gasteiger partial charge < -0.3 is 10.6 Å². The fourth-order valence-corrected chi connectivity index (χ4v) is 1.88. The molecule has 1 aromatic carbocycles. The third kappa shape index (κ3) is 5.32. The molecule has 1 aromatic heterocycles. The molecule has 0 atom stereocenters. The molecule has 0 radical (unpaired) electrons. The second kappa shape index (κ2) is 8.51. The summed E-state index contributed by atoms with van der Waals surface area (Å²) in [5, 5.41) is 5.44. The van der Waals surface area contributed by atoms with Crippen LogP contribution in [0.25, 0.3) is 0 Å². The Morgan fingerprint density at radius 1 is 1.00 bits per heavy atom. The van der Waals surface area contributed by atoms with Crippen molar-refractivity contribution in [2.24, 2.45) is 0 Å². The summed E-state index contributed by atoms with van der Waals surface area (Å²) < 4.78 is 0. The van der Waals surface area contributed by atoms with Crippen LogP contribution < -0.4 is 10.6 Å². The predicted octanol–water partition coefficient (Wildman–Crippen LogP) is 0.955. The summed E-state index contributed by atoms with van der Waals surface area (Å²) in [4.78, 5) is 31.1. The van der Waals surface area contributed by atoms with E-state index in [4.69, 9.17) is 0 Å². The topological polar surface area (TPSA) is 84.0 Å². The number of hydrogen-bond acceptors (Lipinski definition) is 4. The Bertz CT molecular complexity index is 602. The van der Waals surface area contributed by atoms with Crippen molar-refractivity contribution in [2.75, 3.05) is 13.1 Å². The van der Waals surface area contributed by atoms with Gasteiger partial charge in [-0.1, -0.05) is 30.3 Å². The van der Waals surface area contributed by atoms with Crippen LogP contribution in [-0.2, 0) is 11.2 Å². The van der Waals surface area contributed by atoms with Crippen molar-refractivity contribution in [3.63, 3.8) is 0 Å². The minimum absolute atomic E-state index is 0.0300. The maximum Gasteiger partial charge on any atom is 0.271 e. The van der Waals surface area contributed by atoms with E-state index in [2.05, 4.69) is 20.6 Å². The first kappa shape index (κ1) is 15.6. The van der Waals surface area contributed by atoms with E-state index in [1.54, 1.807) is 0 Å². The van der Waals surface area contributed by atoms with E-state index in [0.29, 0.717) is 25.9 Å². The molecule has 0 spiro atoms. The fraction of sp³-hybridized carbons (Fsp3) is 0.250. The molecule has 0 saturated carbocycles. The van der Waals surface area contributed by atoms with Crippen molar-refractivity contribution < 1.29 is 9.59 Å². The zero-order valence-electron chi connectivity index (χ0n) is 12.2. The fourth-order valence-electron chi connectivity index (χ4n) is 1.88. The van der Waals surface area contributed by atoms with Gasteiger partial charge >= 0.3 is 0 Å². The first-order valence-electron chi connectivity index (χ1n) is 7.10. The third-order valence-electron chi connectivity index (χ3n) is 3.01. The summed E-state index contributed by atoms with van der Waals surface area (Å²) in [5.74, 6) is -0.329. The molecule has 2 N–H and O–H groups in total. The van der Waals surface area contributed by atoms with E-state index in [-0.39, 0.29) is 17.5 Å². The number of aromatic nitrogens is 2. The van der Waals surface area contributed by atoms with E-state index in [0.717, 1.165) is 5.56 Å².